The van der Waals surface area contributed by atoms with Crippen LogP contribution in [0.25, 0.3) is 5.57 Å². The van der Waals surface area contributed by atoms with E-state index in [1.807, 2.05) is 0 Å². The number of benzene rings is 1. The number of ether oxygens (including phenoxy) is 2. The quantitative estimate of drug-likeness (QED) is 0.611. The van der Waals surface area contributed by atoms with Gasteiger partial charge < -0.3 is 9.47 Å². The van der Waals surface area contributed by atoms with Gasteiger partial charge in [-0.25, -0.2) is 4.39 Å². The van der Waals surface area contributed by atoms with Gasteiger partial charge in [-0.3, -0.25) is 0 Å². The molecule has 0 saturated heterocycles. The van der Waals surface area contributed by atoms with E-state index in [-0.39, 0.29) is 5.82 Å². The van der Waals surface area contributed by atoms with Gasteiger partial charge in [0.1, 0.15) is 18.2 Å². The van der Waals surface area contributed by atoms with E-state index in [4.69, 9.17) is 9.47 Å². The van der Waals surface area contributed by atoms with E-state index in [0.29, 0.717) is 24.7 Å². The van der Waals surface area contributed by atoms with E-state index < -0.39 is 0 Å². The summed E-state index contributed by atoms with van der Waals surface area (Å²) in [6, 6.07) is 4.38. The molecule has 0 aliphatic carbocycles. The van der Waals surface area contributed by atoms with Gasteiger partial charge in [0, 0.05) is 24.5 Å². The molecule has 0 bridgehead atoms. The summed E-state index contributed by atoms with van der Waals surface area (Å²) < 4.78 is 23.3. The molecule has 0 saturated carbocycles. The second-order valence-corrected chi connectivity index (χ2v) is 3.56. The van der Waals surface area contributed by atoms with Crippen molar-refractivity contribution in [3.8, 4) is 5.75 Å². The molecule has 0 aromatic heterocycles. The topological polar surface area (TPSA) is 18.5 Å². The van der Waals surface area contributed by atoms with Gasteiger partial charge in [-0.05, 0) is 17.7 Å². The maximum atomic E-state index is 13.1. The Hall–Kier alpha value is -1.00. The van der Waals surface area contributed by atoms with Crippen LogP contribution in [-0.4, -0.2) is 26.1 Å². The third-order valence-corrected chi connectivity index (χ3v) is 2.44. The zero-order valence-corrected chi connectivity index (χ0v) is 10.1. The number of hydrogen-bond acceptors (Lipinski definition) is 3. The molecule has 0 fully saturated rings. The molecule has 0 aliphatic rings. The summed E-state index contributed by atoms with van der Waals surface area (Å²) in [4.78, 5) is 0. The normalized spacial score (nSPS) is 10.2. The van der Waals surface area contributed by atoms with Crippen molar-refractivity contribution in [2.45, 2.75) is 0 Å². The molecule has 88 valence electrons. The zero-order chi connectivity index (χ0) is 12.0. The summed E-state index contributed by atoms with van der Waals surface area (Å²) >= 11 is 4.14. The van der Waals surface area contributed by atoms with E-state index in [1.54, 1.807) is 13.2 Å². The van der Waals surface area contributed by atoms with Crippen molar-refractivity contribution in [3.63, 3.8) is 0 Å². The van der Waals surface area contributed by atoms with Crippen LogP contribution in [0.2, 0.25) is 0 Å². The predicted octanol–water partition coefficient (Wildman–Crippen LogP) is 2.79. The van der Waals surface area contributed by atoms with Gasteiger partial charge in [0.15, 0.2) is 0 Å². The van der Waals surface area contributed by atoms with Crippen molar-refractivity contribution in [2.75, 3.05) is 26.1 Å². The third kappa shape index (κ3) is 3.54. The molecule has 1 aromatic carbocycles. The molecule has 0 radical (unpaired) electrons. The fourth-order valence-electron chi connectivity index (χ4n) is 1.23. The summed E-state index contributed by atoms with van der Waals surface area (Å²) in [6.45, 7) is 4.70. The SMILES string of the molecule is C=C(CS)c1ccc(F)cc1OCCOC. The monoisotopic (exact) mass is 242 g/mol. The molecule has 0 heterocycles. The Morgan fingerprint density at radius 3 is 2.81 bits per heavy atom. The lowest BCUT2D eigenvalue weighted by Crippen LogP contribution is -2.06. The van der Waals surface area contributed by atoms with Crippen molar-refractivity contribution in [3.05, 3.63) is 36.2 Å². The van der Waals surface area contributed by atoms with Crippen LogP contribution in [0.4, 0.5) is 4.39 Å². The number of hydrogen-bond donors (Lipinski definition) is 1. The van der Waals surface area contributed by atoms with E-state index >= 15 is 0 Å². The van der Waals surface area contributed by atoms with Gasteiger partial charge >= 0.3 is 0 Å². The second-order valence-electron chi connectivity index (χ2n) is 3.24. The van der Waals surface area contributed by atoms with Crippen LogP contribution >= 0.6 is 12.6 Å². The van der Waals surface area contributed by atoms with Crippen molar-refractivity contribution in [1.29, 1.82) is 0 Å². The zero-order valence-electron chi connectivity index (χ0n) is 9.20. The lowest BCUT2D eigenvalue weighted by molar-refractivity contribution is 0.146. The minimum atomic E-state index is -0.330. The molecule has 0 amide bonds. The third-order valence-electron chi connectivity index (χ3n) is 2.06. The molecule has 0 atom stereocenters. The van der Waals surface area contributed by atoms with Crippen LogP contribution in [0.1, 0.15) is 5.56 Å². The number of halogens is 1. The molecule has 4 heteroatoms. The van der Waals surface area contributed by atoms with Crippen LogP contribution in [0, 0.1) is 5.82 Å². The second kappa shape index (κ2) is 6.55. The highest BCUT2D eigenvalue weighted by atomic mass is 32.1. The van der Waals surface area contributed by atoms with Gasteiger partial charge in [0.25, 0.3) is 0 Å². The first-order valence-electron chi connectivity index (χ1n) is 4.89. The Kier molecular flexibility index (Phi) is 5.35. The van der Waals surface area contributed by atoms with Crippen LogP contribution in [0.3, 0.4) is 0 Å². The lowest BCUT2D eigenvalue weighted by Gasteiger charge is -2.12. The first-order valence-corrected chi connectivity index (χ1v) is 5.52. The molecule has 1 aromatic rings. The molecule has 1 rings (SSSR count). The average Bonchev–Trinajstić information content (AvgIpc) is 2.29. The summed E-state index contributed by atoms with van der Waals surface area (Å²) in [7, 11) is 1.59. The molecule has 16 heavy (non-hydrogen) atoms. The number of rotatable bonds is 6. The van der Waals surface area contributed by atoms with E-state index in [2.05, 4.69) is 19.2 Å². The smallest absolute Gasteiger partial charge is 0.129 e. The van der Waals surface area contributed by atoms with Crippen LogP contribution in [0.15, 0.2) is 24.8 Å². The standard InChI is InChI=1S/C12H15FO2S/c1-9(8-16)11-4-3-10(13)7-12(11)15-6-5-14-2/h3-4,7,16H,1,5-6,8H2,2H3. The molecule has 0 unspecified atom stereocenters. The van der Waals surface area contributed by atoms with E-state index in [0.717, 1.165) is 11.1 Å². The van der Waals surface area contributed by atoms with Gasteiger partial charge in [-0.1, -0.05) is 6.58 Å². The van der Waals surface area contributed by atoms with Crippen LogP contribution < -0.4 is 4.74 Å². The Morgan fingerprint density at radius 2 is 2.19 bits per heavy atom. The Morgan fingerprint density at radius 1 is 1.44 bits per heavy atom. The highest BCUT2D eigenvalue weighted by Gasteiger charge is 2.07. The fraction of sp³-hybridized carbons (Fsp3) is 0.333. The highest BCUT2D eigenvalue weighted by molar-refractivity contribution is 7.80. The minimum absolute atomic E-state index is 0.330. The molecule has 2 nitrogen and oxygen atoms in total. The van der Waals surface area contributed by atoms with Crippen molar-refractivity contribution in [2.24, 2.45) is 0 Å². The van der Waals surface area contributed by atoms with Gasteiger partial charge in [0.05, 0.1) is 6.61 Å². The Labute approximate surface area is 100 Å². The molecular weight excluding hydrogens is 227 g/mol. The van der Waals surface area contributed by atoms with E-state index in [1.165, 1.54) is 12.1 Å². The maximum absolute atomic E-state index is 13.1. The Bertz CT molecular complexity index is 366. The molecule has 0 aliphatic heterocycles. The van der Waals surface area contributed by atoms with Crippen LogP contribution in [0.5, 0.6) is 5.75 Å². The maximum Gasteiger partial charge on any atom is 0.129 e. The summed E-state index contributed by atoms with van der Waals surface area (Å²) in [5.41, 5.74) is 1.59. The summed E-state index contributed by atoms with van der Waals surface area (Å²) in [6.07, 6.45) is 0. The first kappa shape index (κ1) is 13.1. The first-order chi connectivity index (χ1) is 7.69. The largest absolute Gasteiger partial charge is 0.490 e. The number of methoxy groups -OCH3 is 1. The van der Waals surface area contributed by atoms with Crippen molar-refractivity contribution in [1.82, 2.24) is 0 Å². The van der Waals surface area contributed by atoms with E-state index in [9.17, 15) is 4.39 Å². The average molecular weight is 242 g/mol. The highest BCUT2D eigenvalue weighted by Crippen LogP contribution is 2.26. The van der Waals surface area contributed by atoms with Gasteiger partial charge in [0.2, 0.25) is 0 Å². The number of thiol groups is 1. The van der Waals surface area contributed by atoms with Crippen LogP contribution in [-0.2, 0) is 4.74 Å². The predicted molar refractivity (Wildman–Crippen MR) is 66.7 cm³/mol. The molecular formula is C12H15FO2S. The van der Waals surface area contributed by atoms with Gasteiger partial charge in [-0.15, -0.1) is 0 Å². The fourth-order valence-corrected chi connectivity index (χ4v) is 1.40. The lowest BCUT2D eigenvalue weighted by atomic mass is 10.1. The minimum Gasteiger partial charge on any atom is -0.490 e. The van der Waals surface area contributed by atoms with Gasteiger partial charge in [-0.2, -0.15) is 12.6 Å². The molecule has 0 N–H and O–H groups in total. The summed E-state index contributed by atoms with van der Waals surface area (Å²) in [5.74, 6) is 0.658. The van der Waals surface area contributed by atoms with Crippen molar-refractivity contribution >= 4 is 18.2 Å². The van der Waals surface area contributed by atoms with Crippen molar-refractivity contribution < 1.29 is 13.9 Å². The molecule has 0 spiro atoms. The summed E-state index contributed by atoms with van der Waals surface area (Å²) in [5, 5.41) is 0. The Balaban J connectivity index is 2.85.